The average Bonchev–Trinajstić information content (AvgIpc) is 2.35. The van der Waals surface area contributed by atoms with Crippen molar-refractivity contribution in [2.24, 2.45) is 0 Å². The van der Waals surface area contributed by atoms with Gasteiger partial charge in [0.2, 0.25) is 0 Å². The van der Waals surface area contributed by atoms with Crippen LogP contribution in [0.2, 0.25) is 5.02 Å². The number of carbonyl (C=O) groups is 1. The van der Waals surface area contributed by atoms with Gasteiger partial charge in [-0.2, -0.15) is 0 Å². The van der Waals surface area contributed by atoms with Crippen LogP contribution < -0.4 is 4.74 Å². The lowest BCUT2D eigenvalue weighted by molar-refractivity contribution is 0.0576. The predicted molar refractivity (Wildman–Crippen MR) is 65.0 cm³/mol. The lowest BCUT2D eigenvalue weighted by atomic mass is 10.1. The summed E-state index contributed by atoms with van der Waals surface area (Å²) in [6.07, 6.45) is 0. The second-order valence-electron chi connectivity index (χ2n) is 3.32. The maximum absolute atomic E-state index is 11.7. The van der Waals surface area contributed by atoms with Gasteiger partial charge in [-0.25, -0.2) is 0 Å². The van der Waals surface area contributed by atoms with E-state index in [1.807, 2.05) is 0 Å². The van der Waals surface area contributed by atoms with Crippen molar-refractivity contribution in [1.29, 1.82) is 0 Å². The highest BCUT2D eigenvalue weighted by molar-refractivity contribution is 6.32. The van der Waals surface area contributed by atoms with Gasteiger partial charge < -0.3 is 14.2 Å². The third-order valence-electron chi connectivity index (χ3n) is 2.14. The molecular weight excluding hydrogens is 244 g/mol. The van der Waals surface area contributed by atoms with E-state index in [1.54, 1.807) is 25.3 Å². The van der Waals surface area contributed by atoms with Crippen molar-refractivity contribution in [3.63, 3.8) is 0 Å². The minimum absolute atomic E-state index is 0.0220. The Bertz CT molecular complexity index is 379. The zero-order chi connectivity index (χ0) is 12.7. The molecule has 1 aromatic carbocycles. The van der Waals surface area contributed by atoms with Crippen LogP contribution in [0.25, 0.3) is 0 Å². The largest absolute Gasteiger partial charge is 0.495 e. The number of ketones is 1. The molecule has 0 heterocycles. The van der Waals surface area contributed by atoms with Crippen molar-refractivity contribution >= 4 is 17.4 Å². The first-order chi connectivity index (χ1) is 8.19. The van der Waals surface area contributed by atoms with E-state index in [0.717, 1.165) is 0 Å². The van der Waals surface area contributed by atoms with Crippen molar-refractivity contribution in [1.82, 2.24) is 0 Å². The minimum atomic E-state index is -0.115. The fraction of sp³-hybridized carbons (Fsp3) is 0.417. The Labute approximate surface area is 105 Å². The van der Waals surface area contributed by atoms with Gasteiger partial charge >= 0.3 is 0 Å². The van der Waals surface area contributed by atoms with Crippen molar-refractivity contribution in [2.45, 2.75) is 0 Å². The predicted octanol–water partition coefficient (Wildman–Crippen LogP) is 2.19. The monoisotopic (exact) mass is 258 g/mol. The molecule has 1 aromatic rings. The van der Waals surface area contributed by atoms with Crippen LogP contribution in [0.15, 0.2) is 18.2 Å². The molecule has 0 aliphatic heterocycles. The van der Waals surface area contributed by atoms with Gasteiger partial charge in [-0.1, -0.05) is 11.6 Å². The van der Waals surface area contributed by atoms with Crippen LogP contribution in [0.4, 0.5) is 0 Å². The molecule has 0 unspecified atom stereocenters. The Hall–Kier alpha value is -1.10. The first kappa shape index (κ1) is 14.0. The van der Waals surface area contributed by atoms with Gasteiger partial charge in [-0.3, -0.25) is 4.79 Å². The van der Waals surface area contributed by atoms with Gasteiger partial charge in [0, 0.05) is 12.7 Å². The summed E-state index contributed by atoms with van der Waals surface area (Å²) in [5, 5.41) is 0.476. The third kappa shape index (κ3) is 4.34. The summed E-state index contributed by atoms with van der Waals surface area (Å²) in [7, 11) is 3.08. The smallest absolute Gasteiger partial charge is 0.188 e. The lowest BCUT2D eigenvalue weighted by Gasteiger charge is -2.06. The van der Waals surface area contributed by atoms with Crippen molar-refractivity contribution in [3.8, 4) is 5.75 Å². The van der Waals surface area contributed by atoms with Crippen molar-refractivity contribution < 1.29 is 19.0 Å². The Morgan fingerprint density at radius 3 is 2.71 bits per heavy atom. The number of halogens is 1. The van der Waals surface area contributed by atoms with Crippen LogP contribution >= 0.6 is 11.6 Å². The molecule has 0 aliphatic rings. The number of methoxy groups -OCH3 is 2. The zero-order valence-electron chi connectivity index (χ0n) is 9.86. The van der Waals surface area contributed by atoms with E-state index in [2.05, 4.69) is 0 Å². The molecule has 0 atom stereocenters. The highest BCUT2D eigenvalue weighted by Crippen LogP contribution is 2.25. The van der Waals surface area contributed by atoms with Crippen LogP contribution in [0, 0.1) is 0 Å². The second-order valence-corrected chi connectivity index (χ2v) is 3.73. The first-order valence-corrected chi connectivity index (χ1v) is 5.50. The molecule has 0 aliphatic carbocycles. The van der Waals surface area contributed by atoms with E-state index in [0.29, 0.717) is 29.5 Å². The molecule has 0 N–H and O–H groups in total. The summed E-state index contributed by atoms with van der Waals surface area (Å²) in [6.45, 7) is 0.887. The minimum Gasteiger partial charge on any atom is -0.495 e. The van der Waals surface area contributed by atoms with Crippen LogP contribution in [-0.4, -0.2) is 39.8 Å². The van der Waals surface area contributed by atoms with Crippen LogP contribution in [-0.2, 0) is 9.47 Å². The summed E-state index contributed by atoms with van der Waals surface area (Å²) >= 11 is 5.86. The molecule has 1 rings (SSSR count). The number of Topliss-reactive ketones (excluding diaryl/α,β-unsaturated/α-hetero) is 1. The number of hydrogen-bond donors (Lipinski definition) is 0. The van der Waals surface area contributed by atoms with Gasteiger partial charge in [-0.15, -0.1) is 0 Å². The molecule has 0 spiro atoms. The first-order valence-electron chi connectivity index (χ1n) is 5.12. The summed E-state index contributed by atoms with van der Waals surface area (Å²) in [5.74, 6) is 0.366. The number of hydrogen-bond acceptors (Lipinski definition) is 4. The standard InChI is InChI=1S/C12H15ClO4/c1-15-5-6-17-8-11(14)9-3-4-10(13)12(7-9)16-2/h3-4,7H,5-6,8H2,1-2H3. The molecular formula is C12H15ClO4. The molecule has 0 bridgehead atoms. The Morgan fingerprint density at radius 1 is 1.29 bits per heavy atom. The second kappa shape index (κ2) is 7.27. The third-order valence-corrected chi connectivity index (χ3v) is 2.45. The number of carbonyl (C=O) groups excluding carboxylic acids is 1. The van der Waals surface area contributed by atoms with E-state index in [1.165, 1.54) is 7.11 Å². The van der Waals surface area contributed by atoms with E-state index in [9.17, 15) is 4.79 Å². The Morgan fingerprint density at radius 2 is 2.06 bits per heavy atom. The molecule has 0 aromatic heterocycles. The molecule has 4 nitrogen and oxygen atoms in total. The molecule has 0 saturated heterocycles. The molecule has 0 fully saturated rings. The van der Waals surface area contributed by atoms with Gasteiger partial charge in [0.1, 0.15) is 12.4 Å². The summed E-state index contributed by atoms with van der Waals surface area (Å²) in [4.78, 5) is 11.7. The molecule has 0 saturated carbocycles. The molecule has 0 radical (unpaired) electrons. The quantitative estimate of drug-likeness (QED) is 0.556. The van der Waals surface area contributed by atoms with E-state index in [4.69, 9.17) is 25.8 Å². The van der Waals surface area contributed by atoms with E-state index >= 15 is 0 Å². The summed E-state index contributed by atoms with van der Waals surface area (Å²) in [6, 6.07) is 4.87. The molecule has 0 amide bonds. The van der Waals surface area contributed by atoms with Gasteiger partial charge in [-0.05, 0) is 18.2 Å². The van der Waals surface area contributed by atoms with Gasteiger partial charge in [0.25, 0.3) is 0 Å². The van der Waals surface area contributed by atoms with Crippen LogP contribution in [0.3, 0.4) is 0 Å². The fourth-order valence-corrected chi connectivity index (χ4v) is 1.42. The maximum Gasteiger partial charge on any atom is 0.188 e. The van der Waals surface area contributed by atoms with Crippen molar-refractivity contribution in [2.75, 3.05) is 34.0 Å². The van der Waals surface area contributed by atoms with Gasteiger partial charge in [0.05, 0.1) is 25.3 Å². The average molecular weight is 259 g/mol. The van der Waals surface area contributed by atoms with E-state index < -0.39 is 0 Å². The normalized spacial score (nSPS) is 10.3. The molecule has 94 valence electrons. The lowest BCUT2D eigenvalue weighted by Crippen LogP contribution is -2.12. The highest BCUT2D eigenvalue weighted by atomic mass is 35.5. The molecule has 17 heavy (non-hydrogen) atoms. The highest BCUT2D eigenvalue weighted by Gasteiger charge is 2.09. The topological polar surface area (TPSA) is 44.8 Å². The Balaban J connectivity index is 2.57. The zero-order valence-corrected chi connectivity index (χ0v) is 10.6. The van der Waals surface area contributed by atoms with Crippen molar-refractivity contribution in [3.05, 3.63) is 28.8 Å². The van der Waals surface area contributed by atoms with Crippen LogP contribution in [0.5, 0.6) is 5.75 Å². The summed E-state index contributed by atoms with van der Waals surface area (Å²) in [5.41, 5.74) is 0.517. The number of benzene rings is 1. The number of rotatable bonds is 7. The fourth-order valence-electron chi connectivity index (χ4n) is 1.22. The molecule has 5 heteroatoms. The van der Waals surface area contributed by atoms with Gasteiger partial charge in [0.15, 0.2) is 5.78 Å². The SMILES string of the molecule is COCCOCC(=O)c1ccc(Cl)c(OC)c1. The maximum atomic E-state index is 11.7. The summed E-state index contributed by atoms with van der Waals surface area (Å²) < 4.78 is 15.0. The van der Waals surface area contributed by atoms with Crippen LogP contribution in [0.1, 0.15) is 10.4 Å². The number of ether oxygens (including phenoxy) is 3. The van der Waals surface area contributed by atoms with E-state index in [-0.39, 0.29) is 12.4 Å². The Kier molecular flexibility index (Phi) is 5.97.